The molecule has 0 amide bonds. The Balaban J connectivity index is 1.31. The molecule has 0 unspecified atom stereocenters. The van der Waals surface area contributed by atoms with Gasteiger partial charge in [-0.1, -0.05) is 12.1 Å². The van der Waals surface area contributed by atoms with Gasteiger partial charge >= 0.3 is 0 Å². The van der Waals surface area contributed by atoms with Crippen LogP contribution in [0.1, 0.15) is 5.56 Å². The Hall–Kier alpha value is -4.14. The van der Waals surface area contributed by atoms with Crippen molar-refractivity contribution in [3.05, 3.63) is 66.6 Å². The first-order chi connectivity index (χ1) is 14.8. The number of anilines is 1. The zero-order valence-electron chi connectivity index (χ0n) is 16.1. The zero-order chi connectivity index (χ0) is 20.3. The maximum absolute atomic E-state index is 5.43. The smallest absolute Gasteiger partial charge is 0.243 e. The molecule has 9 nitrogen and oxygen atoms in total. The van der Waals surface area contributed by atoms with Gasteiger partial charge in [-0.2, -0.15) is 10.2 Å². The maximum Gasteiger partial charge on any atom is 0.243 e. The quantitative estimate of drug-likeness (QED) is 0.526. The predicted octanol–water partition coefficient (Wildman–Crippen LogP) is 3.07. The molecule has 0 aliphatic carbocycles. The van der Waals surface area contributed by atoms with Crippen LogP contribution in [-0.2, 0) is 6.54 Å². The molecule has 30 heavy (non-hydrogen) atoms. The third-order valence-corrected chi connectivity index (χ3v) is 4.65. The number of benzene rings is 2. The number of methoxy groups -OCH3 is 1. The third kappa shape index (κ3) is 3.48. The SMILES string of the molecule is COc1ccccc1-n1cc(CNc2nncc(-c3ccc4c(c3)OCO4)n2)cn1. The summed E-state index contributed by atoms with van der Waals surface area (Å²) in [6.45, 7) is 0.734. The molecule has 0 saturated heterocycles. The molecule has 0 bridgehead atoms. The summed E-state index contributed by atoms with van der Waals surface area (Å²) in [5.74, 6) is 2.61. The summed E-state index contributed by atoms with van der Waals surface area (Å²) in [5.41, 5.74) is 3.41. The van der Waals surface area contributed by atoms with Crippen molar-refractivity contribution >= 4 is 5.95 Å². The molecule has 1 aliphatic heterocycles. The fourth-order valence-corrected chi connectivity index (χ4v) is 3.16. The molecule has 0 atom stereocenters. The van der Waals surface area contributed by atoms with Gasteiger partial charge in [0, 0.05) is 23.9 Å². The second-order valence-corrected chi connectivity index (χ2v) is 6.55. The molecule has 1 N–H and O–H groups in total. The Morgan fingerprint density at radius 1 is 1.10 bits per heavy atom. The molecule has 4 aromatic rings. The highest BCUT2D eigenvalue weighted by Crippen LogP contribution is 2.35. The standard InChI is InChI=1S/C21H18N6O3/c1-28-18-5-3-2-4-17(18)27-12-14(10-24-27)9-22-21-25-16(11-23-26-21)15-6-7-19-20(8-15)30-13-29-19/h2-8,10-12H,9,13H2,1H3,(H,22,25,26). The number of hydrogen-bond donors (Lipinski definition) is 1. The van der Waals surface area contributed by atoms with Gasteiger partial charge in [0.15, 0.2) is 11.5 Å². The van der Waals surface area contributed by atoms with Crippen LogP contribution >= 0.6 is 0 Å². The van der Waals surface area contributed by atoms with E-state index in [0.717, 1.165) is 28.3 Å². The van der Waals surface area contributed by atoms with E-state index >= 15 is 0 Å². The second kappa shape index (κ2) is 7.70. The summed E-state index contributed by atoms with van der Waals surface area (Å²) < 4.78 is 18.0. The lowest BCUT2D eigenvalue weighted by Crippen LogP contribution is -2.05. The minimum atomic E-state index is 0.232. The van der Waals surface area contributed by atoms with Crippen molar-refractivity contribution in [2.45, 2.75) is 6.54 Å². The van der Waals surface area contributed by atoms with Gasteiger partial charge in [-0.25, -0.2) is 9.67 Å². The van der Waals surface area contributed by atoms with Gasteiger partial charge in [0.1, 0.15) is 11.4 Å². The van der Waals surface area contributed by atoms with E-state index in [9.17, 15) is 0 Å². The first-order valence-electron chi connectivity index (χ1n) is 9.31. The van der Waals surface area contributed by atoms with E-state index in [0.29, 0.717) is 23.9 Å². The van der Waals surface area contributed by atoms with Crippen LogP contribution in [0.5, 0.6) is 17.2 Å². The van der Waals surface area contributed by atoms with E-state index in [2.05, 4.69) is 25.6 Å². The van der Waals surface area contributed by atoms with Crippen molar-refractivity contribution in [1.29, 1.82) is 0 Å². The lowest BCUT2D eigenvalue weighted by molar-refractivity contribution is 0.174. The Bertz CT molecular complexity index is 1190. The van der Waals surface area contributed by atoms with E-state index < -0.39 is 0 Å². The Morgan fingerprint density at radius 3 is 2.93 bits per heavy atom. The molecule has 5 rings (SSSR count). The molecule has 0 fully saturated rings. The summed E-state index contributed by atoms with van der Waals surface area (Å²) in [5, 5.41) is 15.7. The van der Waals surface area contributed by atoms with Crippen molar-refractivity contribution in [3.63, 3.8) is 0 Å². The van der Waals surface area contributed by atoms with Crippen LogP contribution in [0.25, 0.3) is 16.9 Å². The molecule has 2 aromatic heterocycles. The number of aromatic nitrogens is 5. The van der Waals surface area contributed by atoms with Gasteiger partial charge in [-0.05, 0) is 30.3 Å². The van der Waals surface area contributed by atoms with Gasteiger partial charge in [0.25, 0.3) is 0 Å². The summed E-state index contributed by atoms with van der Waals surface area (Å²) in [7, 11) is 1.64. The number of nitrogens with one attached hydrogen (secondary N) is 1. The summed E-state index contributed by atoms with van der Waals surface area (Å²) in [6, 6.07) is 13.4. The molecule has 1 aliphatic rings. The van der Waals surface area contributed by atoms with E-state index in [-0.39, 0.29) is 6.79 Å². The second-order valence-electron chi connectivity index (χ2n) is 6.55. The van der Waals surface area contributed by atoms with Crippen LogP contribution in [0.3, 0.4) is 0 Å². The first-order valence-corrected chi connectivity index (χ1v) is 9.31. The molecule has 3 heterocycles. The lowest BCUT2D eigenvalue weighted by atomic mass is 10.1. The van der Waals surface area contributed by atoms with Gasteiger partial charge in [-0.3, -0.25) is 0 Å². The predicted molar refractivity (Wildman–Crippen MR) is 109 cm³/mol. The van der Waals surface area contributed by atoms with Crippen molar-refractivity contribution in [3.8, 4) is 34.2 Å². The first kappa shape index (κ1) is 17.9. The molecule has 0 saturated carbocycles. The zero-order valence-corrected chi connectivity index (χ0v) is 16.1. The highest BCUT2D eigenvalue weighted by molar-refractivity contribution is 5.64. The van der Waals surface area contributed by atoms with Crippen molar-refractivity contribution in [2.75, 3.05) is 19.2 Å². The van der Waals surface area contributed by atoms with Gasteiger partial charge in [-0.15, -0.1) is 5.10 Å². The number of nitrogens with zero attached hydrogens (tertiary/aromatic N) is 5. The molecular formula is C21H18N6O3. The molecule has 0 spiro atoms. The van der Waals surface area contributed by atoms with Crippen LogP contribution in [0.4, 0.5) is 5.95 Å². The Kier molecular flexibility index (Phi) is 4.60. The van der Waals surface area contributed by atoms with Gasteiger partial charge in [0.2, 0.25) is 12.7 Å². The van der Waals surface area contributed by atoms with Crippen molar-refractivity contribution in [2.24, 2.45) is 0 Å². The molecular weight excluding hydrogens is 384 g/mol. The number of ether oxygens (including phenoxy) is 3. The monoisotopic (exact) mass is 402 g/mol. The normalized spacial score (nSPS) is 12.0. The highest BCUT2D eigenvalue weighted by Gasteiger charge is 2.15. The Labute approximate surface area is 172 Å². The lowest BCUT2D eigenvalue weighted by Gasteiger charge is -2.07. The van der Waals surface area contributed by atoms with E-state index in [4.69, 9.17) is 14.2 Å². The molecule has 2 aromatic carbocycles. The van der Waals surface area contributed by atoms with E-state index in [1.165, 1.54) is 0 Å². The van der Waals surface area contributed by atoms with Crippen LogP contribution in [0.2, 0.25) is 0 Å². The number of rotatable bonds is 6. The third-order valence-electron chi connectivity index (χ3n) is 4.65. The minimum absolute atomic E-state index is 0.232. The average molecular weight is 402 g/mol. The fourth-order valence-electron chi connectivity index (χ4n) is 3.16. The summed E-state index contributed by atoms with van der Waals surface area (Å²) in [6.07, 6.45) is 5.33. The summed E-state index contributed by atoms with van der Waals surface area (Å²) >= 11 is 0. The molecule has 0 radical (unpaired) electrons. The number of para-hydroxylation sites is 2. The number of hydrogen-bond acceptors (Lipinski definition) is 8. The maximum atomic E-state index is 5.43. The summed E-state index contributed by atoms with van der Waals surface area (Å²) in [4.78, 5) is 4.55. The van der Waals surface area contributed by atoms with Crippen LogP contribution in [-0.4, -0.2) is 38.9 Å². The van der Waals surface area contributed by atoms with E-state index in [1.54, 1.807) is 24.2 Å². The van der Waals surface area contributed by atoms with Crippen molar-refractivity contribution in [1.82, 2.24) is 25.0 Å². The number of fused-ring (bicyclic) bond motifs is 1. The van der Waals surface area contributed by atoms with Crippen LogP contribution in [0, 0.1) is 0 Å². The van der Waals surface area contributed by atoms with Crippen LogP contribution < -0.4 is 19.5 Å². The molecule has 9 heteroatoms. The largest absolute Gasteiger partial charge is 0.494 e. The fraction of sp³-hybridized carbons (Fsp3) is 0.143. The van der Waals surface area contributed by atoms with Gasteiger partial charge in [0.05, 0.1) is 25.2 Å². The van der Waals surface area contributed by atoms with Crippen LogP contribution in [0.15, 0.2) is 61.1 Å². The van der Waals surface area contributed by atoms with E-state index in [1.807, 2.05) is 48.7 Å². The highest BCUT2D eigenvalue weighted by atomic mass is 16.7. The van der Waals surface area contributed by atoms with Crippen molar-refractivity contribution < 1.29 is 14.2 Å². The van der Waals surface area contributed by atoms with Gasteiger partial charge < -0.3 is 19.5 Å². The average Bonchev–Trinajstić information content (AvgIpc) is 3.47. The Morgan fingerprint density at radius 2 is 2.00 bits per heavy atom. The topological polar surface area (TPSA) is 96.2 Å². The molecule has 150 valence electrons. The minimum Gasteiger partial charge on any atom is -0.494 e.